The van der Waals surface area contributed by atoms with Crippen molar-refractivity contribution in [3.63, 3.8) is 0 Å². The summed E-state index contributed by atoms with van der Waals surface area (Å²) in [5, 5.41) is 0. The van der Waals surface area contributed by atoms with E-state index in [0.717, 1.165) is 72.8 Å². The van der Waals surface area contributed by atoms with E-state index >= 15 is 0 Å². The zero-order chi connectivity index (χ0) is 45.1. The fraction of sp³-hybridized carbons (Fsp3) is 0. The molecule has 0 spiro atoms. The molecule has 0 saturated heterocycles. The normalized spacial score (nSPS) is 11.4. The molecule has 0 saturated carbocycles. The molecule has 0 N–H and O–H groups in total. The smallest absolute Gasteiger partial charge is 0.246 e. The number of hydrogen-bond donors (Lipinski definition) is 0. The molecule has 1 heterocycles. The Morgan fingerprint density at radius 3 is 0.651 bits per heavy atom. The minimum absolute atomic E-state index is 0.160. The first-order valence-electron chi connectivity index (χ1n) is 17.7. The molecular weight excluding hydrogens is 877 g/mol. The van der Waals surface area contributed by atoms with Gasteiger partial charge in [0, 0.05) is 0 Å². The van der Waals surface area contributed by atoms with Gasteiger partial charge in [0.05, 0.1) is 63.5 Å². The Morgan fingerprint density at radius 2 is 0.476 bits per heavy atom. The molecule has 0 atom stereocenters. The monoisotopic (exact) mass is 900 g/mol. The predicted molar refractivity (Wildman–Crippen MR) is 222 cm³/mol. The highest BCUT2D eigenvalue weighted by Crippen LogP contribution is 2.27. The number of sulfone groups is 3. The summed E-state index contributed by atoms with van der Waals surface area (Å²) < 4.78 is 82.4. The average molecular weight is 901 g/mol. The lowest BCUT2D eigenvalue weighted by Crippen LogP contribution is -2.52. The highest BCUT2D eigenvalue weighted by molar-refractivity contribution is 7.92. The quantitative estimate of drug-likeness (QED) is 0.121. The number of carbonyl (C=O) groups excluding carboxylic acids is 3. The molecule has 7 rings (SSSR count). The Bertz CT molecular complexity index is 3210. The second-order valence-electron chi connectivity index (χ2n) is 12.9. The van der Waals surface area contributed by atoms with Crippen molar-refractivity contribution in [2.75, 3.05) is 0 Å². The highest BCUT2D eigenvalue weighted by Gasteiger charge is 2.24. The van der Waals surface area contributed by atoms with Gasteiger partial charge < -0.3 is 0 Å². The van der Waals surface area contributed by atoms with Crippen LogP contribution < -0.4 is 17.1 Å². The van der Waals surface area contributed by atoms with E-state index in [9.17, 15) is 54.0 Å². The van der Waals surface area contributed by atoms with Gasteiger partial charge in [0.25, 0.3) is 0 Å². The molecule has 0 amide bonds. The topological polar surface area (TPSA) is 257 Å². The maximum atomic E-state index is 14.3. The summed E-state index contributed by atoms with van der Waals surface area (Å²) in [7, 11) is -12.6. The van der Waals surface area contributed by atoms with Crippen LogP contribution in [0.4, 0.5) is 17.1 Å². The van der Waals surface area contributed by atoms with E-state index < -0.39 is 46.6 Å². The SMILES string of the molecule is O=C=Nc1ccc(S(=O)(=O)c2ccc(-n3c(=O)n(-c4ccc(S(=O)(=O)c5ccc(N=C=O)cc5)cc4)c(=O)n(-c4ccc(S(=O)(=O)c5ccc(N=C=O)cc5)cc4)c3=O)cc2)cc1. The number of aliphatic imine (C=N–C) groups is 3. The zero-order valence-corrected chi connectivity index (χ0v) is 34.1. The Balaban J connectivity index is 1.35. The molecule has 312 valence electrons. The third-order valence-corrected chi connectivity index (χ3v) is 14.7. The van der Waals surface area contributed by atoms with Crippen molar-refractivity contribution in [1.82, 2.24) is 13.7 Å². The lowest BCUT2D eigenvalue weighted by atomic mass is 10.3. The van der Waals surface area contributed by atoms with E-state index in [1.165, 1.54) is 91.0 Å². The van der Waals surface area contributed by atoms with Crippen molar-refractivity contribution in [3.05, 3.63) is 177 Å². The van der Waals surface area contributed by atoms with E-state index in [0.29, 0.717) is 13.7 Å². The van der Waals surface area contributed by atoms with Crippen LogP contribution in [0.5, 0.6) is 0 Å². The summed E-state index contributed by atoms with van der Waals surface area (Å²) in [6.45, 7) is 0. The van der Waals surface area contributed by atoms with Gasteiger partial charge in [0.15, 0.2) is 0 Å². The molecular formula is C42H24N6O12S3. The molecule has 0 bridgehead atoms. The number of rotatable bonds is 12. The summed E-state index contributed by atoms with van der Waals surface area (Å²) in [5.41, 5.74) is -3.86. The third-order valence-electron chi connectivity index (χ3n) is 9.33. The first-order valence-corrected chi connectivity index (χ1v) is 22.2. The first kappa shape index (κ1) is 42.8. The van der Waals surface area contributed by atoms with Gasteiger partial charge in [0.1, 0.15) is 0 Å². The molecule has 0 aliphatic rings. The van der Waals surface area contributed by atoms with E-state index in [2.05, 4.69) is 15.0 Å². The van der Waals surface area contributed by atoms with Crippen molar-refractivity contribution >= 4 is 64.8 Å². The van der Waals surface area contributed by atoms with Gasteiger partial charge in [-0.1, -0.05) is 0 Å². The Hall–Kier alpha value is -8.28. The number of aromatic nitrogens is 3. The Morgan fingerprint density at radius 1 is 0.302 bits per heavy atom. The maximum absolute atomic E-state index is 14.3. The number of nitrogens with zero attached hydrogens (tertiary/aromatic N) is 6. The number of isocyanates is 3. The molecule has 1 aromatic heterocycles. The van der Waals surface area contributed by atoms with Crippen LogP contribution in [0.2, 0.25) is 0 Å². The van der Waals surface area contributed by atoms with Crippen LogP contribution in [0.25, 0.3) is 17.1 Å². The van der Waals surface area contributed by atoms with Crippen LogP contribution in [0.1, 0.15) is 0 Å². The fourth-order valence-electron chi connectivity index (χ4n) is 6.20. The van der Waals surface area contributed by atoms with Crippen LogP contribution >= 0.6 is 0 Å². The lowest BCUT2D eigenvalue weighted by molar-refractivity contribution is 0.564. The lowest BCUT2D eigenvalue weighted by Gasteiger charge is -2.15. The van der Waals surface area contributed by atoms with Crippen LogP contribution in [0, 0.1) is 0 Å². The van der Waals surface area contributed by atoms with Crippen LogP contribution in [0.3, 0.4) is 0 Å². The van der Waals surface area contributed by atoms with Crippen molar-refractivity contribution in [1.29, 1.82) is 0 Å². The number of benzene rings is 6. The van der Waals surface area contributed by atoms with Crippen LogP contribution in [-0.2, 0) is 43.9 Å². The Kier molecular flexibility index (Phi) is 11.6. The van der Waals surface area contributed by atoms with Crippen LogP contribution in [0.15, 0.2) is 204 Å². The second kappa shape index (κ2) is 17.0. The molecule has 21 heteroatoms. The standard InChI is InChI=1S/C42H24N6O12S3/c49-25-43-28-1-13-34(14-2-28)61(55,56)37-19-7-31(8-20-37)46-40(52)47(32-9-21-38(22-10-32)62(57,58)35-15-3-29(4-16-35)44-26-50)42(54)48(41(46)53)33-11-23-39(24-12-33)63(59,60)36-17-5-30(6-18-36)45-27-51/h1-24H. The largest absolute Gasteiger partial charge is 0.345 e. The molecule has 0 aliphatic heterocycles. The van der Waals surface area contributed by atoms with Crippen molar-refractivity contribution in [3.8, 4) is 17.1 Å². The maximum Gasteiger partial charge on any atom is 0.345 e. The summed E-state index contributed by atoms with van der Waals surface area (Å²) in [6.07, 6.45) is 4.06. The van der Waals surface area contributed by atoms with Gasteiger partial charge in [-0.15, -0.1) is 0 Å². The van der Waals surface area contributed by atoms with E-state index in [-0.39, 0.29) is 63.5 Å². The zero-order valence-electron chi connectivity index (χ0n) is 31.7. The molecule has 0 aliphatic carbocycles. The predicted octanol–water partition coefficient (Wildman–Crippen LogP) is 4.54. The van der Waals surface area contributed by atoms with Crippen molar-refractivity contribution in [2.24, 2.45) is 15.0 Å². The highest BCUT2D eigenvalue weighted by atomic mass is 32.2. The molecule has 0 fully saturated rings. The van der Waals surface area contributed by atoms with Crippen molar-refractivity contribution < 1.29 is 39.6 Å². The second-order valence-corrected chi connectivity index (χ2v) is 18.8. The van der Waals surface area contributed by atoms with Crippen molar-refractivity contribution in [2.45, 2.75) is 29.4 Å². The van der Waals surface area contributed by atoms with Crippen LogP contribution in [-0.4, -0.2) is 57.2 Å². The molecule has 6 aromatic carbocycles. The summed E-state index contributed by atoms with van der Waals surface area (Å²) >= 11 is 0. The minimum atomic E-state index is -4.19. The fourth-order valence-corrected chi connectivity index (χ4v) is 9.98. The van der Waals surface area contributed by atoms with Gasteiger partial charge in [0.2, 0.25) is 47.8 Å². The van der Waals surface area contributed by atoms with Gasteiger partial charge in [-0.25, -0.2) is 67.7 Å². The summed E-state index contributed by atoms with van der Waals surface area (Å²) in [5.74, 6) is 0. The van der Waals surface area contributed by atoms with Gasteiger partial charge in [-0.2, -0.15) is 15.0 Å². The molecule has 0 unspecified atom stereocenters. The van der Waals surface area contributed by atoms with Gasteiger partial charge in [-0.3, -0.25) is 0 Å². The molecule has 0 radical (unpaired) electrons. The minimum Gasteiger partial charge on any atom is -0.246 e. The third kappa shape index (κ3) is 8.16. The summed E-state index contributed by atoms with van der Waals surface area (Å²) in [4.78, 5) is 83.6. The molecule has 63 heavy (non-hydrogen) atoms. The van der Waals surface area contributed by atoms with E-state index in [1.807, 2.05) is 0 Å². The average Bonchev–Trinajstić information content (AvgIpc) is 3.28. The Labute approximate surface area is 355 Å². The van der Waals surface area contributed by atoms with Gasteiger partial charge >= 0.3 is 17.1 Å². The van der Waals surface area contributed by atoms with E-state index in [1.54, 1.807) is 0 Å². The van der Waals surface area contributed by atoms with E-state index in [4.69, 9.17) is 0 Å². The molecule has 18 nitrogen and oxygen atoms in total. The van der Waals surface area contributed by atoms with Gasteiger partial charge in [-0.05, 0) is 146 Å². The number of hydrogen-bond acceptors (Lipinski definition) is 15. The first-order chi connectivity index (χ1) is 30.1. The molecule has 7 aromatic rings. The summed E-state index contributed by atoms with van der Waals surface area (Å²) in [6, 6.07) is 28.5.